The SMILES string of the molecule is CCCCCCCCCCCCCCCC(=O)N(C)[C@H](CO)C(=O)N[C@H](C)C(=O)CCC(=O)N(C)[C@@H]1C(=O)C[C@@H](C)C(=O)N[C@H](C(=O)N[C@H](CC)C(C)O)Cc2ccc(O)c(c2)-c2cc1ccc2O. The van der Waals surface area contributed by atoms with Crippen molar-refractivity contribution in [3.63, 3.8) is 0 Å². The standard InChI is InChI=1S/C53H81N5O11/c1-8-10-11-12-13-14-15-16-17-18-19-20-21-22-48(65)57(6)43(33-59)53(69)54-35(4)44(61)27-28-49(66)58(7)50-38-24-26-46(63)40(32-38)39-30-37(23-25-45(39)62)31-42(52(68)55-41(9-2)36(5)60)56-51(67)34(3)29-47(50)64/h23-26,30,32,34-36,41-43,50,59-60,62-63H,8-22,27-29,31,33H2,1-7H3,(H,54,69)(H,55,68)(H,56,67)/t34-,35-,36?,41-,42+,43-,50+/m1/s1. The van der Waals surface area contributed by atoms with E-state index in [0.29, 0.717) is 18.4 Å². The van der Waals surface area contributed by atoms with Crippen LogP contribution < -0.4 is 16.0 Å². The Bertz CT molecular complexity index is 2020. The Labute approximate surface area is 409 Å². The summed E-state index contributed by atoms with van der Waals surface area (Å²) in [5, 5.41) is 50.5. The van der Waals surface area contributed by atoms with Crippen molar-refractivity contribution in [2.75, 3.05) is 20.7 Å². The van der Waals surface area contributed by atoms with Crippen LogP contribution in [0.25, 0.3) is 11.1 Å². The summed E-state index contributed by atoms with van der Waals surface area (Å²) in [4.78, 5) is 97.4. The number of phenols is 2. The normalized spacial score (nSPS) is 17.9. The summed E-state index contributed by atoms with van der Waals surface area (Å²) < 4.78 is 0. The van der Waals surface area contributed by atoms with Crippen LogP contribution in [0.5, 0.6) is 11.5 Å². The molecule has 0 fully saturated rings. The van der Waals surface area contributed by atoms with Crippen molar-refractivity contribution in [3.8, 4) is 22.6 Å². The number of rotatable bonds is 27. The summed E-state index contributed by atoms with van der Waals surface area (Å²) >= 11 is 0. The van der Waals surface area contributed by atoms with Crippen LogP contribution in [0.3, 0.4) is 0 Å². The second-order valence-electron chi connectivity index (χ2n) is 19.0. The van der Waals surface area contributed by atoms with E-state index in [-0.39, 0.29) is 66.2 Å². The molecule has 3 rings (SSSR count). The molecule has 0 saturated carbocycles. The first-order valence-corrected chi connectivity index (χ1v) is 25.3. The molecule has 2 aromatic carbocycles. The zero-order valence-corrected chi connectivity index (χ0v) is 42.2. The lowest BCUT2D eigenvalue weighted by Crippen LogP contribution is -2.53. The minimum Gasteiger partial charge on any atom is -0.507 e. The van der Waals surface area contributed by atoms with Gasteiger partial charge in [0.1, 0.15) is 29.6 Å². The number of nitrogens with zero attached hydrogens (tertiary/aromatic N) is 2. The largest absolute Gasteiger partial charge is 0.507 e. The Hall–Kier alpha value is -5.35. The lowest BCUT2D eigenvalue weighted by atomic mass is 9.89. The third-order valence-electron chi connectivity index (χ3n) is 13.4. The molecule has 16 heteroatoms. The van der Waals surface area contributed by atoms with E-state index in [1.165, 1.54) is 122 Å². The van der Waals surface area contributed by atoms with E-state index in [1.54, 1.807) is 19.1 Å². The molecule has 1 aliphatic rings. The zero-order valence-electron chi connectivity index (χ0n) is 42.2. The van der Waals surface area contributed by atoms with Gasteiger partial charge in [0, 0.05) is 63.2 Å². The molecule has 1 unspecified atom stereocenters. The van der Waals surface area contributed by atoms with E-state index in [9.17, 15) is 54.0 Å². The number of unbranched alkanes of at least 4 members (excludes halogenated alkanes) is 12. The molecule has 4 bridgehead atoms. The first-order chi connectivity index (χ1) is 32.8. The average molecular weight is 964 g/mol. The van der Waals surface area contributed by atoms with Gasteiger partial charge in [-0.15, -0.1) is 0 Å². The van der Waals surface area contributed by atoms with Gasteiger partial charge < -0.3 is 46.2 Å². The van der Waals surface area contributed by atoms with Gasteiger partial charge >= 0.3 is 0 Å². The fraction of sp³-hybridized carbons (Fsp3) is 0.642. The highest BCUT2D eigenvalue weighted by atomic mass is 16.3. The van der Waals surface area contributed by atoms with E-state index < -0.39 is 84.0 Å². The predicted octanol–water partition coefficient (Wildman–Crippen LogP) is 6.33. The summed E-state index contributed by atoms with van der Waals surface area (Å²) in [6.07, 6.45) is 13.8. The number of nitrogens with one attached hydrogen (secondary N) is 3. The van der Waals surface area contributed by atoms with Gasteiger partial charge in [-0.05, 0) is 62.1 Å². The van der Waals surface area contributed by atoms with Gasteiger partial charge in [0.2, 0.25) is 29.5 Å². The lowest BCUT2D eigenvalue weighted by Gasteiger charge is -2.30. The quantitative estimate of drug-likeness (QED) is 0.0488. The third kappa shape index (κ3) is 18.2. The molecule has 0 radical (unpaired) electrons. The molecule has 69 heavy (non-hydrogen) atoms. The van der Waals surface area contributed by atoms with Crippen LogP contribution in [-0.4, -0.2) is 122 Å². The summed E-state index contributed by atoms with van der Waals surface area (Å²) in [5.74, 6) is -5.33. The molecular weight excluding hydrogens is 883 g/mol. The van der Waals surface area contributed by atoms with Crippen LogP contribution in [-0.2, 0) is 40.0 Å². The second-order valence-corrected chi connectivity index (χ2v) is 19.0. The molecule has 1 heterocycles. The fourth-order valence-electron chi connectivity index (χ4n) is 8.79. The number of carbonyl (C=O) groups excluding carboxylic acids is 7. The van der Waals surface area contributed by atoms with Gasteiger partial charge in [0.05, 0.1) is 24.8 Å². The molecule has 0 spiro atoms. The average Bonchev–Trinajstić information content (AvgIpc) is 3.31. The van der Waals surface area contributed by atoms with Crippen molar-refractivity contribution in [3.05, 3.63) is 47.5 Å². The van der Waals surface area contributed by atoms with Crippen LogP contribution in [0.15, 0.2) is 36.4 Å². The Morgan fingerprint density at radius 3 is 1.87 bits per heavy atom. The molecule has 5 amide bonds. The summed E-state index contributed by atoms with van der Waals surface area (Å²) in [5.41, 5.74) is 1.07. The number of carbonyl (C=O) groups is 7. The summed E-state index contributed by atoms with van der Waals surface area (Å²) in [6.45, 7) is 7.86. The Kier molecular flexibility index (Phi) is 24.9. The van der Waals surface area contributed by atoms with E-state index >= 15 is 0 Å². The summed E-state index contributed by atoms with van der Waals surface area (Å²) in [7, 11) is 2.82. The maximum Gasteiger partial charge on any atom is 0.245 e. The highest BCUT2D eigenvalue weighted by Gasteiger charge is 2.35. The van der Waals surface area contributed by atoms with Crippen molar-refractivity contribution in [1.82, 2.24) is 25.8 Å². The van der Waals surface area contributed by atoms with Gasteiger partial charge in [-0.2, -0.15) is 0 Å². The Balaban J connectivity index is 1.66. The van der Waals surface area contributed by atoms with Crippen molar-refractivity contribution in [2.45, 2.75) is 193 Å². The maximum absolute atomic E-state index is 14.3. The van der Waals surface area contributed by atoms with Crippen molar-refractivity contribution in [2.24, 2.45) is 5.92 Å². The maximum atomic E-state index is 14.3. The first-order valence-electron chi connectivity index (χ1n) is 25.3. The third-order valence-corrected chi connectivity index (χ3v) is 13.4. The molecule has 7 N–H and O–H groups in total. The van der Waals surface area contributed by atoms with E-state index in [0.717, 1.165) is 24.2 Å². The van der Waals surface area contributed by atoms with E-state index in [4.69, 9.17) is 0 Å². The van der Waals surface area contributed by atoms with Gasteiger partial charge in [-0.1, -0.05) is 110 Å². The number of amides is 5. The number of aliphatic hydroxyl groups excluding tert-OH is 2. The van der Waals surface area contributed by atoms with Crippen LogP contribution in [0, 0.1) is 5.92 Å². The monoisotopic (exact) mass is 964 g/mol. The lowest BCUT2D eigenvalue weighted by molar-refractivity contribution is -0.142. The van der Waals surface area contributed by atoms with Gasteiger partial charge in [-0.3, -0.25) is 33.6 Å². The van der Waals surface area contributed by atoms with E-state index in [1.807, 2.05) is 0 Å². The highest BCUT2D eigenvalue weighted by molar-refractivity contribution is 5.97. The van der Waals surface area contributed by atoms with Crippen LogP contribution in [0.4, 0.5) is 0 Å². The number of benzene rings is 2. The number of aromatic hydroxyl groups is 2. The Morgan fingerprint density at radius 2 is 1.30 bits per heavy atom. The van der Waals surface area contributed by atoms with Gasteiger partial charge in [0.25, 0.3) is 0 Å². The number of ketones is 2. The van der Waals surface area contributed by atoms with Crippen molar-refractivity contribution in [1.29, 1.82) is 0 Å². The number of likely N-dealkylation sites (N-methyl/N-ethyl adjacent to an activating group) is 2. The predicted molar refractivity (Wildman–Crippen MR) is 265 cm³/mol. The minimum absolute atomic E-state index is 0.0264. The minimum atomic E-state index is -1.32. The number of phenolic OH excluding ortho intramolecular Hbond substituents is 2. The van der Waals surface area contributed by atoms with Crippen molar-refractivity contribution < 1.29 is 54.0 Å². The molecule has 0 saturated heterocycles. The smallest absolute Gasteiger partial charge is 0.245 e. The van der Waals surface area contributed by atoms with E-state index in [2.05, 4.69) is 22.9 Å². The van der Waals surface area contributed by atoms with Gasteiger partial charge in [0.15, 0.2) is 11.6 Å². The second kappa shape index (κ2) is 29.6. The number of aliphatic hydroxyl groups is 2. The number of Topliss-reactive ketones (excluding diaryl/α,β-unsaturated/α-hetero) is 2. The molecule has 0 aliphatic carbocycles. The van der Waals surface area contributed by atoms with Crippen LogP contribution >= 0.6 is 0 Å². The number of hydrogen-bond donors (Lipinski definition) is 7. The van der Waals surface area contributed by atoms with Crippen molar-refractivity contribution >= 4 is 41.1 Å². The molecule has 16 nitrogen and oxygen atoms in total. The zero-order chi connectivity index (χ0) is 51.2. The number of hydrogen-bond acceptors (Lipinski definition) is 11. The fourth-order valence-corrected chi connectivity index (χ4v) is 8.79. The molecule has 0 aromatic heterocycles. The number of fused-ring (bicyclic) bond motifs is 5. The molecule has 7 atom stereocenters. The Morgan fingerprint density at radius 1 is 0.739 bits per heavy atom. The molecule has 1 aliphatic heterocycles. The first kappa shape index (κ1) is 58.0. The molecular formula is C53H81N5O11. The van der Waals surface area contributed by atoms with Gasteiger partial charge in [-0.25, -0.2) is 0 Å². The molecule has 384 valence electrons. The van der Waals surface area contributed by atoms with Crippen LogP contribution in [0.2, 0.25) is 0 Å². The molecule has 2 aromatic rings. The van der Waals surface area contributed by atoms with Crippen LogP contribution in [0.1, 0.15) is 167 Å². The summed E-state index contributed by atoms with van der Waals surface area (Å²) in [6, 6.07) is 3.39. The highest BCUT2D eigenvalue weighted by Crippen LogP contribution is 2.39. The topological polar surface area (TPSA) is 243 Å².